The van der Waals surface area contributed by atoms with Crippen LogP contribution >= 0.6 is 23.7 Å². The van der Waals surface area contributed by atoms with E-state index < -0.39 is 20.0 Å². The summed E-state index contributed by atoms with van der Waals surface area (Å²) >= 11 is 0.686. The second kappa shape index (κ2) is 5.64. The van der Waals surface area contributed by atoms with Crippen LogP contribution in [0.5, 0.6) is 0 Å². The predicted molar refractivity (Wildman–Crippen MR) is 80.7 cm³/mol. The number of halogens is 1. The summed E-state index contributed by atoms with van der Waals surface area (Å²) < 4.78 is 48.3. The maximum Gasteiger partial charge on any atom is 0.273 e. The van der Waals surface area contributed by atoms with Crippen molar-refractivity contribution in [3.63, 3.8) is 0 Å². The molecular formula is C10H15ClN2O4S3. The lowest BCUT2D eigenvalue weighted by atomic mass is 10.2. The summed E-state index contributed by atoms with van der Waals surface area (Å²) in [6.45, 7) is 4.16. The number of hydrogen-bond acceptors (Lipinski definition) is 5. The zero-order chi connectivity index (χ0) is 14.4. The molecule has 6 nitrogen and oxygen atoms in total. The number of primary sulfonamides is 1. The van der Waals surface area contributed by atoms with Crippen LogP contribution in [0.25, 0.3) is 6.08 Å². The highest BCUT2D eigenvalue weighted by atomic mass is 35.5. The van der Waals surface area contributed by atoms with Crippen LogP contribution in [0.1, 0.15) is 19.4 Å². The fourth-order valence-corrected chi connectivity index (χ4v) is 5.80. The highest BCUT2D eigenvalue weighted by molar-refractivity contribution is 7.94. The Hall–Kier alpha value is -0.610. The highest BCUT2D eigenvalue weighted by Crippen LogP contribution is 2.36. The summed E-state index contributed by atoms with van der Waals surface area (Å²) in [5, 5.41) is 5.02. The molecule has 0 radical (unpaired) electrons. The molecule has 1 aliphatic heterocycles. The molecule has 1 aromatic rings. The van der Waals surface area contributed by atoms with Gasteiger partial charge in [0.25, 0.3) is 10.0 Å². The third-order valence-electron chi connectivity index (χ3n) is 2.49. The summed E-state index contributed by atoms with van der Waals surface area (Å²) in [4.78, 5) is 0. The second-order valence-corrected chi connectivity index (χ2v) is 9.56. The van der Waals surface area contributed by atoms with Gasteiger partial charge in [0.05, 0.1) is 0 Å². The zero-order valence-electron chi connectivity index (χ0n) is 10.8. The van der Waals surface area contributed by atoms with Crippen LogP contribution in [-0.2, 0) is 20.0 Å². The Kier molecular flexibility index (Phi) is 4.92. The summed E-state index contributed by atoms with van der Waals surface area (Å²) in [5.41, 5.74) is 0.369. The summed E-state index contributed by atoms with van der Waals surface area (Å²) in [5.74, 6) is 0.165. The number of fused-ring (bicyclic) bond motifs is 1. The van der Waals surface area contributed by atoms with E-state index >= 15 is 0 Å². The Bertz CT molecular complexity index is 735. The molecule has 20 heavy (non-hydrogen) atoms. The number of nitrogens with zero attached hydrogens (tertiary/aromatic N) is 1. The van der Waals surface area contributed by atoms with Crippen molar-refractivity contribution in [3.8, 4) is 0 Å². The fraction of sp³-hybridized carbons (Fsp3) is 0.400. The third-order valence-corrected chi connectivity index (χ3v) is 7.33. The normalized spacial score (nSPS) is 16.9. The smallest absolute Gasteiger partial charge is 0.272 e. The molecule has 0 unspecified atom stereocenters. The lowest BCUT2D eigenvalue weighted by Crippen LogP contribution is -2.31. The van der Waals surface area contributed by atoms with Gasteiger partial charge in [-0.15, -0.1) is 23.7 Å². The van der Waals surface area contributed by atoms with E-state index in [1.807, 2.05) is 13.8 Å². The van der Waals surface area contributed by atoms with E-state index in [1.54, 1.807) is 6.08 Å². The molecule has 114 valence electrons. The Morgan fingerprint density at radius 2 is 2.00 bits per heavy atom. The van der Waals surface area contributed by atoms with Gasteiger partial charge >= 0.3 is 0 Å². The van der Waals surface area contributed by atoms with Gasteiger partial charge in [-0.25, -0.2) is 22.0 Å². The van der Waals surface area contributed by atoms with Gasteiger partial charge in [-0.3, -0.25) is 4.31 Å². The van der Waals surface area contributed by atoms with E-state index in [9.17, 15) is 16.8 Å². The minimum Gasteiger partial charge on any atom is -0.272 e. The minimum absolute atomic E-state index is 0. The molecule has 2 heterocycles. The van der Waals surface area contributed by atoms with Crippen LogP contribution in [-0.4, -0.2) is 27.7 Å². The van der Waals surface area contributed by atoms with E-state index in [2.05, 4.69) is 0 Å². The molecule has 0 atom stereocenters. The standard InChI is InChI=1S/C10H14N2O4S3.ClH/c1-7(2)6-12-4-3-8-5-9(18(11,13)14)17-10(8)19(12,15)16;/h3-5,7H,6H2,1-2H3,(H2,11,13,14);1H. The molecule has 0 amide bonds. The van der Waals surface area contributed by atoms with Crippen molar-refractivity contribution in [1.82, 2.24) is 4.31 Å². The Balaban J connectivity index is 0.00000200. The maximum atomic E-state index is 12.3. The first-order valence-corrected chi connectivity index (χ1v) is 9.29. The summed E-state index contributed by atoms with van der Waals surface area (Å²) in [6.07, 6.45) is 3.04. The minimum atomic E-state index is -3.89. The van der Waals surface area contributed by atoms with Gasteiger partial charge in [-0.1, -0.05) is 13.8 Å². The van der Waals surface area contributed by atoms with Crippen molar-refractivity contribution in [2.45, 2.75) is 22.3 Å². The summed E-state index contributed by atoms with van der Waals surface area (Å²) in [7, 11) is -7.56. The van der Waals surface area contributed by atoms with Gasteiger partial charge in [0.1, 0.15) is 8.42 Å². The molecule has 2 rings (SSSR count). The van der Waals surface area contributed by atoms with Crippen molar-refractivity contribution in [2.24, 2.45) is 11.1 Å². The molecule has 0 saturated carbocycles. The monoisotopic (exact) mass is 358 g/mol. The predicted octanol–water partition coefficient (Wildman–Crippen LogP) is 1.45. The topological polar surface area (TPSA) is 97.5 Å². The first-order valence-electron chi connectivity index (χ1n) is 5.49. The van der Waals surface area contributed by atoms with Crippen LogP contribution in [0.2, 0.25) is 0 Å². The number of rotatable bonds is 3. The molecule has 0 saturated heterocycles. The molecular weight excluding hydrogens is 344 g/mol. The SMILES string of the molecule is CC(C)CN1C=Cc2cc(S(N)(=O)=O)sc2S1(=O)=O.Cl. The molecule has 0 fully saturated rings. The second-order valence-electron chi connectivity index (χ2n) is 4.64. The average molecular weight is 359 g/mol. The quantitative estimate of drug-likeness (QED) is 0.884. The fourth-order valence-electron chi connectivity index (χ4n) is 1.69. The van der Waals surface area contributed by atoms with Crippen molar-refractivity contribution < 1.29 is 16.8 Å². The lowest BCUT2D eigenvalue weighted by Gasteiger charge is -2.24. The molecule has 0 aliphatic carbocycles. The number of sulfonamides is 2. The van der Waals surface area contributed by atoms with Gasteiger partial charge in [-0.2, -0.15) is 0 Å². The lowest BCUT2D eigenvalue weighted by molar-refractivity contribution is 0.444. The molecule has 0 spiro atoms. The average Bonchev–Trinajstić information content (AvgIpc) is 2.66. The third kappa shape index (κ3) is 3.17. The Morgan fingerprint density at radius 1 is 1.40 bits per heavy atom. The number of thiophene rings is 1. The van der Waals surface area contributed by atoms with Crippen LogP contribution < -0.4 is 5.14 Å². The largest absolute Gasteiger partial charge is 0.273 e. The van der Waals surface area contributed by atoms with E-state index in [-0.39, 0.29) is 26.7 Å². The van der Waals surface area contributed by atoms with Crippen LogP contribution in [0.4, 0.5) is 0 Å². The molecule has 1 aromatic heterocycles. The van der Waals surface area contributed by atoms with Gasteiger partial charge in [0.2, 0.25) is 10.0 Å². The number of nitrogens with two attached hydrogens (primary N) is 1. The molecule has 1 aliphatic rings. The molecule has 10 heteroatoms. The first kappa shape index (κ1) is 17.4. The number of hydrogen-bond donors (Lipinski definition) is 1. The van der Waals surface area contributed by atoms with Crippen LogP contribution in [0.3, 0.4) is 0 Å². The first-order chi connectivity index (χ1) is 8.62. The summed E-state index contributed by atoms with van der Waals surface area (Å²) in [6, 6.07) is 1.29. The van der Waals surface area contributed by atoms with Crippen molar-refractivity contribution in [3.05, 3.63) is 17.8 Å². The molecule has 0 aromatic carbocycles. The van der Waals surface area contributed by atoms with E-state index in [0.29, 0.717) is 23.4 Å². The van der Waals surface area contributed by atoms with Gasteiger partial charge < -0.3 is 0 Å². The molecule has 0 bridgehead atoms. The van der Waals surface area contributed by atoms with Crippen molar-refractivity contribution >= 4 is 49.9 Å². The van der Waals surface area contributed by atoms with Crippen molar-refractivity contribution in [1.29, 1.82) is 0 Å². The Labute approximate surface area is 128 Å². The molecule has 2 N–H and O–H groups in total. The van der Waals surface area contributed by atoms with E-state index in [4.69, 9.17) is 5.14 Å². The van der Waals surface area contributed by atoms with Gasteiger partial charge in [0, 0.05) is 18.3 Å². The Morgan fingerprint density at radius 3 is 2.50 bits per heavy atom. The van der Waals surface area contributed by atoms with Crippen molar-refractivity contribution in [2.75, 3.05) is 6.54 Å². The van der Waals surface area contributed by atoms with Crippen LogP contribution in [0.15, 0.2) is 20.7 Å². The van der Waals surface area contributed by atoms with E-state index in [1.165, 1.54) is 16.6 Å². The highest BCUT2D eigenvalue weighted by Gasteiger charge is 2.32. The van der Waals surface area contributed by atoms with E-state index in [0.717, 1.165) is 0 Å². The zero-order valence-corrected chi connectivity index (χ0v) is 14.1. The van der Waals surface area contributed by atoms with Gasteiger partial charge in [-0.05, 0) is 18.1 Å². The maximum absolute atomic E-state index is 12.3. The van der Waals surface area contributed by atoms with Crippen LogP contribution in [0, 0.1) is 5.92 Å². The van der Waals surface area contributed by atoms with Gasteiger partial charge in [0.15, 0.2) is 0 Å².